The molecule has 0 radical (unpaired) electrons. The number of carbonyl (C=O) groups excluding carboxylic acids is 1. The Hall–Kier alpha value is -2.60. The van der Waals surface area contributed by atoms with E-state index in [1.807, 2.05) is 18.3 Å². The van der Waals surface area contributed by atoms with Crippen molar-refractivity contribution in [1.29, 1.82) is 0 Å². The summed E-state index contributed by atoms with van der Waals surface area (Å²) in [7, 11) is 1.57. The van der Waals surface area contributed by atoms with Crippen LogP contribution in [0.3, 0.4) is 0 Å². The van der Waals surface area contributed by atoms with Crippen LogP contribution in [-0.2, 0) is 13.0 Å². The second-order valence-corrected chi connectivity index (χ2v) is 5.48. The lowest BCUT2D eigenvalue weighted by atomic mass is 10.0. The third-order valence-corrected chi connectivity index (χ3v) is 4.05. The molecule has 2 heterocycles. The van der Waals surface area contributed by atoms with Crippen LogP contribution in [0.2, 0.25) is 0 Å². The van der Waals surface area contributed by atoms with Gasteiger partial charge in [-0.15, -0.1) is 0 Å². The molecule has 0 saturated heterocycles. The van der Waals surface area contributed by atoms with Crippen LogP contribution in [0.25, 0.3) is 0 Å². The lowest BCUT2D eigenvalue weighted by Gasteiger charge is -2.30. The second kappa shape index (κ2) is 6.66. The maximum atomic E-state index is 11.5. The number of fused-ring (bicyclic) bond motifs is 1. The van der Waals surface area contributed by atoms with Gasteiger partial charge >= 0.3 is 0 Å². The molecule has 1 aromatic heterocycles. The van der Waals surface area contributed by atoms with Gasteiger partial charge in [0.25, 0.3) is 5.91 Å². The monoisotopic (exact) mass is 313 g/mol. The first-order valence-electron chi connectivity index (χ1n) is 7.53. The van der Waals surface area contributed by atoms with Gasteiger partial charge in [0.1, 0.15) is 11.6 Å². The predicted molar refractivity (Wildman–Crippen MR) is 85.9 cm³/mol. The molecule has 1 aromatic carbocycles. The Morgan fingerprint density at radius 2 is 2.30 bits per heavy atom. The van der Waals surface area contributed by atoms with E-state index in [9.17, 15) is 4.79 Å². The zero-order chi connectivity index (χ0) is 16.2. The molecule has 23 heavy (non-hydrogen) atoms. The van der Waals surface area contributed by atoms with E-state index < -0.39 is 5.91 Å². The Bertz CT molecular complexity index is 718. The van der Waals surface area contributed by atoms with Crippen LogP contribution in [0, 0.1) is 0 Å². The smallest absolute Gasteiger partial charge is 0.274 e. The van der Waals surface area contributed by atoms with Gasteiger partial charge in [-0.05, 0) is 36.6 Å². The molecular formula is C17H19N3O3. The lowest BCUT2D eigenvalue weighted by molar-refractivity contribution is 0.0706. The van der Waals surface area contributed by atoms with Gasteiger partial charge in [-0.2, -0.15) is 0 Å². The highest BCUT2D eigenvalue weighted by Gasteiger charge is 2.19. The second-order valence-electron chi connectivity index (χ2n) is 5.48. The number of aryl methyl sites for hydroxylation is 1. The Morgan fingerprint density at radius 3 is 3.09 bits per heavy atom. The van der Waals surface area contributed by atoms with Crippen LogP contribution < -0.4 is 15.1 Å². The highest BCUT2D eigenvalue weighted by Crippen LogP contribution is 2.28. The summed E-state index contributed by atoms with van der Waals surface area (Å²) in [5.41, 5.74) is 4.21. The maximum absolute atomic E-state index is 11.5. The molecule has 0 bridgehead atoms. The van der Waals surface area contributed by atoms with Crippen LogP contribution in [0.5, 0.6) is 5.75 Å². The minimum Gasteiger partial charge on any atom is -0.496 e. The topological polar surface area (TPSA) is 74.7 Å². The number of hydrogen-bond acceptors (Lipinski definition) is 5. The molecule has 0 aliphatic carbocycles. The van der Waals surface area contributed by atoms with Gasteiger partial charge in [-0.1, -0.05) is 12.1 Å². The number of ether oxygens (including phenoxy) is 1. The van der Waals surface area contributed by atoms with Gasteiger partial charge in [-0.25, -0.2) is 10.5 Å². The molecule has 0 unspecified atom stereocenters. The predicted octanol–water partition coefficient (Wildman–Crippen LogP) is 2.16. The van der Waals surface area contributed by atoms with Crippen molar-refractivity contribution in [2.45, 2.75) is 19.4 Å². The fourth-order valence-electron chi connectivity index (χ4n) is 2.92. The molecule has 2 N–H and O–H groups in total. The molecule has 2 aromatic rings. The highest BCUT2D eigenvalue weighted by atomic mass is 16.5. The van der Waals surface area contributed by atoms with Gasteiger partial charge in [0.05, 0.1) is 7.11 Å². The highest BCUT2D eigenvalue weighted by molar-refractivity contribution is 5.93. The molecule has 1 amide bonds. The molecule has 3 rings (SSSR count). The van der Waals surface area contributed by atoms with Crippen LogP contribution in [0.1, 0.15) is 27.9 Å². The first-order chi connectivity index (χ1) is 11.2. The molecule has 0 spiro atoms. The van der Waals surface area contributed by atoms with E-state index in [4.69, 9.17) is 9.94 Å². The zero-order valence-corrected chi connectivity index (χ0v) is 13.0. The van der Waals surface area contributed by atoms with E-state index in [1.54, 1.807) is 24.7 Å². The number of methoxy groups -OCH3 is 1. The number of carbonyl (C=O) groups is 1. The maximum Gasteiger partial charge on any atom is 0.274 e. The minimum absolute atomic E-state index is 0.352. The molecule has 1 aliphatic heterocycles. The number of hydroxylamine groups is 1. The quantitative estimate of drug-likeness (QED) is 0.668. The van der Waals surface area contributed by atoms with Crippen LogP contribution in [0.15, 0.2) is 36.5 Å². The van der Waals surface area contributed by atoms with Crippen molar-refractivity contribution in [2.24, 2.45) is 0 Å². The van der Waals surface area contributed by atoms with Gasteiger partial charge in [0, 0.05) is 30.4 Å². The fourth-order valence-corrected chi connectivity index (χ4v) is 2.92. The molecule has 0 fully saturated rings. The summed E-state index contributed by atoms with van der Waals surface area (Å²) < 4.78 is 5.40. The number of rotatable bonds is 4. The molecule has 1 aliphatic rings. The lowest BCUT2D eigenvalue weighted by Crippen LogP contribution is -2.30. The summed E-state index contributed by atoms with van der Waals surface area (Å²) >= 11 is 0. The molecule has 6 heteroatoms. The molecular weight excluding hydrogens is 294 g/mol. The number of amides is 1. The van der Waals surface area contributed by atoms with E-state index in [-0.39, 0.29) is 0 Å². The Morgan fingerprint density at radius 1 is 1.43 bits per heavy atom. The average molecular weight is 313 g/mol. The van der Waals surface area contributed by atoms with Crippen molar-refractivity contribution in [3.8, 4) is 5.75 Å². The van der Waals surface area contributed by atoms with Gasteiger partial charge < -0.3 is 9.64 Å². The minimum atomic E-state index is -0.556. The third kappa shape index (κ3) is 3.12. The van der Waals surface area contributed by atoms with E-state index in [2.05, 4.69) is 16.0 Å². The Labute approximate surface area is 134 Å². The molecule has 0 atom stereocenters. The summed E-state index contributed by atoms with van der Waals surface area (Å²) in [5, 5.41) is 8.73. The summed E-state index contributed by atoms with van der Waals surface area (Å²) in [6.07, 6.45) is 3.95. The number of pyridine rings is 1. The van der Waals surface area contributed by atoms with Gasteiger partial charge in [0.15, 0.2) is 0 Å². The summed E-state index contributed by atoms with van der Waals surface area (Å²) in [6, 6.07) is 9.23. The normalized spacial score (nSPS) is 13.4. The molecule has 6 nitrogen and oxygen atoms in total. The van der Waals surface area contributed by atoms with Crippen LogP contribution in [0.4, 0.5) is 5.82 Å². The van der Waals surface area contributed by atoms with Gasteiger partial charge in [0.2, 0.25) is 0 Å². The molecule has 0 saturated carbocycles. The van der Waals surface area contributed by atoms with Gasteiger partial charge in [-0.3, -0.25) is 10.0 Å². The van der Waals surface area contributed by atoms with Crippen molar-refractivity contribution >= 4 is 11.7 Å². The van der Waals surface area contributed by atoms with Crippen molar-refractivity contribution in [3.63, 3.8) is 0 Å². The van der Waals surface area contributed by atoms with E-state index in [0.717, 1.165) is 30.8 Å². The first kappa shape index (κ1) is 15.3. The number of anilines is 1. The summed E-state index contributed by atoms with van der Waals surface area (Å²) in [4.78, 5) is 18.2. The fraction of sp³-hybridized carbons (Fsp3) is 0.294. The van der Waals surface area contributed by atoms with E-state index in [1.165, 1.54) is 5.56 Å². The number of aromatic nitrogens is 1. The number of benzene rings is 1. The first-order valence-corrected chi connectivity index (χ1v) is 7.53. The van der Waals surface area contributed by atoms with Crippen molar-refractivity contribution < 1.29 is 14.7 Å². The van der Waals surface area contributed by atoms with E-state index in [0.29, 0.717) is 17.9 Å². The Kier molecular flexibility index (Phi) is 4.43. The number of nitrogens with zero attached hydrogens (tertiary/aromatic N) is 2. The van der Waals surface area contributed by atoms with Crippen LogP contribution >= 0.6 is 0 Å². The largest absolute Gasteiger partial charge is 0.496 e. The van der Waals surface area contributed by atoms with E-state index >= 15 is 0 Å². The summed E-state index contributed by atoms with van der Waals surface area (Å²) in [6.45, 7) is 1.60. The number of hydrogen-bond donors (Lipinski definition) is 2. The van der Waals surface area contributed by atoms with Crippen LogP contribution in [-0.4, -0.2) is 29.8 Å². The summed E-state index contributed by atoms with van der Waals surface area (Å²) in [5.74, 6) is 1.08. The standard InChI is InChI=1S/C17H19N3O3/c1-23-15-10-13(17(21)19-22)6-7-14(15)11-20-9-3-5-12-4-2-8-18-16(12)20/h2,4,6-8,10,22H,3,5,9,11H2,1H3,(H,19,21). The van der Waals surface area contributed by atoms with Crippen molar-refractivity contribution in [1.82, 2.24) is 10.5 Å². The number of nitrogens with one attached hydrogen (secondary N) is 1. The van der Waals surface area contributed by atoms with Crippen molar-refractivity contribution in [3.05, 3.63) is 53.2 Å². The average Bonchev–Trinajstić information content (AvgIpc) is 2.61. The third-order valence-electron chi connectivity index (χ3n) is 4.05. The SMILES string of the molecule is COc1cc(C(=O)NO)ccc1CN1CCCc2cccnc21. The van der Waals surface area contributed by atoms with Crippen molar-refractivity contribution in [2.75, 3.05) is 18.6 Å². The molecule has 120 valence electrons. The zero-order valence-electron chi connectivity index (χ0n) is 13.0. The Balaban J connectivity index is 1.87.